The highest BCUT2D eigenvalue weighted by molar-refractivity contribution is 7.92. The van der Waals surface area contributed by atoms with Crippen LogP contribution in [0.3, 0.4) is 0 Å². The van der Waals surface area contributed by atoms with Gasteiger partial charge in [0, 0.05) is 60.8 Å². The lowest BCUT2D eigenvalue weighted by atomic mass is 10.1. The summed E-state index contributed by atoms with van der Waals surface area (Å²) in [5, 5.41) is 9.58. The van der Waals surface area contributed by atoms with Gasteiger partial charge in [-0.25, -0.2) is 41.7 Å². The van der Waals surface area contributed by atoms with Crippen molar-refractivity contribution in [2.45, 2.75) is 37.6 Å². The van der Waals surface area contributed by atoms with Gasteiger partial charge in [0.05, 0.1) is 34.1 Å². The number of carbonyl (C=O) groups excluding carboxylic acids is 1. The van der Waals surface area contributed by atoms with Gasteiger partial charge in [0.25, 0.3) is 15.9 Å². The highest BCUT2D eigenvalue weighted by atomic mass is 32.2. The number of nitrogens with zero attached hydrogens (tertiary/aromatic N) is 7. The number of pyridine rings is 1. The minimum absolute atomic E-state index is 0.00324. The Hall–Kier alpha value is -6.07. The highest BCUT2D eigenvalue weighted by Gasteiger charge is 2.36. The Morgan fingerprint density at radius 3 is 2.27 bits per heavy atom. The standard InChI is InChI=1S/C38H34F2N8O6S/c1-21-15-22(2)42-38(41-21)44-55(53,54)26-8-4-24(5-9-26)43-34-27-16-23(39)3-10-31(27)48(36(34)50)20-45-11-13-46(14-12-45)33-18-32-28(17-30(33)40)35(49)29(37(51)52)19-47(32)25-6-7-25/h3-5,8-10,15-19,25H,6-7,11-14,20H2,1-2H3,(H,51,52)(H,41,42,44). The first kappa shape index (κ1) is 35.9. The number of rotatable bonds is 9. The second-order valence-corrected chi connectivity index (χ2v) is 15.5. The third kappa shape index (κ3) is 6.91. The number of sulfonamides is 1. The summed E-state index contributed by atoms with van der Waals surface area (Å²) >= 11 is 0. The van der Waals surface area contributed by atoms with E-state index in [1.54, 1.807) is 30.5 Å². The monoisotopic (exact) mass is 768 g/mol. The quantitative estimate of drug-likeness (QED) is 0.213. The molecule has 3 aliphatic rings. The van der Waals surface area contributed by atoms with E-state index in [-0.39, 0.29) is 40.3 Å². The van der Waals surface area contributed by atoms with Crippen molar-refractivity contribution in [3.8, 4) is 0 Å². The Morgan fingerprint density at radius 1 is 0.927 bits per heavy atom. The first-order chi connectivity index (χ1) is 26.3. The van der Waals surface area contributed by atoms with E-state index in [0.29, 0.717) is 60.0 Å². The summed E-state index contributed by atoms with van der Waals surface area (Å²) in [6.45, 7) is 5.26. The number of hydrogen-bond donors (Lipinski definition) is 2. The number of piperazine rings is 1. The molecule has 1 amide bonds. The van der Waals surface area contributed by atoms with Crippen molar-refractivity contribution in [1.29, 1.82) is 0 Å². The Morgan fingerprint density at radius 2 is 1.62 bits per heavy atom. The number of amides is 1. The van der Waals surface area contributed by atoms with E-state index in [9.17, 15) is 32.3 Å². The molecule has 0 radical (unpaired) electrons. The second-order valence-electron chi connectivity index (χ2n) is 13.8. The highest BCUT2D eigenvalue weighted by Crippen LogP contribution is 2.38. The van der Waals surface area contributed by atoms with Crippen LogP contribution < -0.4 is 20.0 Å². The Labute approximate surface area is 313 Å². The van der Waals surface area contributed by atoms with Crippen LogP contribution in [0.1, 0.15) is 46.2 Å². The van der Waals surface area contributed by atoms with E-state index < -0.39 is 44.5 Å². The number of carboxylic acids is 1. The number of anilines is 3. The third-order valence-electron chi connectivity index (χ3n) is 9.87. The molecule has 2 N–H and O–H groups in total. The van der Waals surface area contributed by atoms with Gasteiger partial charge in [0.15, 0.2) is 0 Å². The lowest BCUT2D eigenvalue weighted by Crippen LogP contribution is -2.51. The first-order valence-corrected chi connectivity index (χ1v) is 19.0. The van der Waals surface area contributed by atoms with Gasteiger partial charge in [-0.2, -0.15) is 0 Å². The largest absolute Gasteiger partial charge is 0.477 e. The van der Waals surface area contributed by atoms with E-state index in [0.717, 1.165) is 18.9 Å². The zero-order valence-corrected chi connectivity index (χ0v) is 30.5. The molecule has 55 heavy (non-hydrogen) atoms. The van der Waals surface area contributed by atoms with Crippen LogP contribution in [0.25, 0.3) is 10.9 Å². The van der Waals surface area contributed by atoms with Crippen molar-refractivity contribution >= 4 is 61.5 Å². The summed E-state index contributed by atoms with van der Waals surface area (Å²) in [5.74, 6) is -3.07. The molecule has 17 heteroatoms. The number of fused-ring (bicyclic) bond motifs is 2. The number of halogens is 2. The number of aryl methyl sites for hydroxylation is 2. The van der Waals surface area contributed by atoms with Crippen molar-refractivity contribution in [2.24, 2.45) is 4.99 Å². The smallest absolute Gasteiger partial charge is 0.341 e. The topological polar surface area (TPSA) is 170 Å². The molecular weight excluding hydrogens is 735 g/mol. The van der Waals surface area contributed by atoms with Gasteiger partial charge < -0.3 is 14.6 Å². The van der Waals surface area contributed by atoms with Crippen LogP contribution >= 0.6 is 0 Å². The molecule has 2 aliphatic heterocycles. The molecular formula is C38H34F2N8O6S. The van der Waals surface area contributed by atoms with Crippen molar-refractivity contribution in [1.82, 2.24) is 19.4 Å². The van der Waals surface area contributed by atoms with Crippen LogP contribution in [0.2, 0.25) is 0 Å². The van der Waals surface area contributed by atoms with Crippen LogP contribution in [0.4, 0.5) is 31.8 Å². The maximum atomic E-state index is 15.6. The SMILES string of the molecule is Cc1cc(C)nc(NS(=O)(=O)c2ccc(N=C3C(=O)N(CN4CCN(c5cc6c(cc5F)c(=O)c(C(=O)O)cn6C5CC5)CC4)c4ccc(F)cc43)cc2)n1. The molecule has 2 fully saturated rings. The molecule has 3 aromatic carbocycles. The number of aliphatic imine (C=N–C) groups is 1. The van der Waals surface area contributed by atoms with Crippen molar-refractivity contribution < 1.29 is 31.9 Å². The van der Waals surface area contributed by atoms with Gasteiger partial charge >= 0.3 is 5.97 Å². The third-order valence-corrected chi connectivity index (χ3v) is 11.2. The van der Waals surface area contributed by atoms with E-state index in [1.165, 1.54) is 53.6 Å². The van der Waals surface area contributed by atoms with Gasteiger partial charge in [-0.05, 0) is 87.4 Å². The summed E-state index contributed by atoms with van der Waals surface area (Å²) in [7, 11) is -4.04. The van der Waals surface area contributed by atoms with Crippen LogP contribution in [0.15, 0.2) is 81.5 Å². The number of hydrogen-bond acceptors (Lipinski definition) is 10. The van der Waals surface area contributed by atoms with Crippen molar-refractivity contribution in [3.05, 3.63) is 111 Å². The van der Waals surface area contributed by atoms with Gasteiger partial charge in [-0.15, -0.1) is 0 Å². The molecule has 1 aliphatic carbocycles. The van der Waals surface area contributed by atoms with E-state index in [1.807, 2.05) is 9.80 Å². The zero-order chi connectivity index (χ0) is 38.8. The van der Waals surface area contributed by atoms with E-state index in [4.69, 9.17) is 0 Å². The van der Waals surface area contributed by atoms with Crippen LogP contribution in [0, 0.1) is 25.5 Å². The lowest BCUT2D eigenvalue weighted by Gasteiger charge is -2.38. The Kier molecular flexibility index (Phi) is 8.92. The molecule has 14 nitrogen and oxygen atoms in total. The van der Waals surface area contributed by atoms with Gasteiger partial charge in [-0.3, -0.25) is 19.4 Å². The molecule has 0 unspecified atom stereocenters. The maximum absolute atomic E-state index is 15.6. The summed E-state index contributed by atoms with van der Waals surface area (Å²) in [5.41, 5.74) is 1.89. The molecule has 5 aromatic rings. The van der Waals surface area contributed by atoms with Crippen LogP contribution in [-0.2, 0) is 14.8 Å². The average Bonchev–Trinajstić information content (AvgIpc) is 3.95. The summed E-state index contributed by atoms with van der Waals surface area (Å²) in [6, 6.07) is 14.1. The molecule has 2 aromatic heterocycles. The average molecular weight is 769 g/mol. The molecule has 4 heterocycles. The minimum atomic E-state index is -4.04. The number of nitrogens with one attached hydrogen (secondary N) is 1. The van der Waals surface area contributed by atoms with Crippen molar-refractivity contribution in [2.75, 3.05) is 47.4 Å². The molecule has 8 rings (SSSR count). The number of aromatic carboxylic acids is 1. The lowest BCUT2D eigenvalue weighted by molar-refractivity contribution is -0.112. The molecule has 0 bridgehead atoms. The second kappa shape index (κ2) is 13.7. The molecule has 1 saturated heterocycles. The predicted octanol–water partition coefficient (Wildman–Crippen LogP) is 4.77. The summed E-state index contributed by atoms with van der Waals surface area (Å²) in [4.78, 5) is 56.6. The Bertz CT molecular complexity index is 2600. The van der Waals surface area contributed by atoms with Crippen LogP contribution in [0.5, 0.6) is 0 Å². The Balaban J connectivity index is 0.991. The molecule has 282 valence electrons. The molecule has 0 atom stereocenters. The predicted molar refractivity (Wildman–Crippen MR) is 201 cm³/mol. The van der Waals surface area contributed by atoms with Crippen molar-refractivity contribution in [3.63, 3.8) is 0 Å². The number of carbonyl (C=O) groups is 2. The van der Waals surface area contributed by atoms with Crippen LogP contribution in [-0.4, -0.2) is 83.4 Å². The minimum Gasteiger partial charge on any atom is -0.477 e. The summed E-state index contributed by atoms with van der Waals surface area (Å²) < 4.78 is 60.3. The normalized spacial score (nSPS) is 16.9. The van der Waals surface area contributed by atoms with E-state index in [2.05, 4.69) is 19.7 Å². The number of carboxylic acid groups (broad SMARTS) is 1. The van der Waals surface area contributed by atoms with E-state index >= 15 is 4.39 Å². The molecule has 1 saturated carbocycles. The fourth-order valence-electron chi connectivity index (χ4n) is 7.05. The van der Waals surface area contributed by atoms with Gasteiger partial charge in [0.2, 0.25) is 11.4 Å². The van der Waals surface area contributed by atoms with Gasteiger partial charge in [-0.1, -0.05) is 0 Å². The maximum Gasteiger partial charge on any atom is 0.341 e. The summed E-state index contributed by atoms with van der Waals surface area (Å²) in [6.07, 6.45) is 3.01. The van der Waals surface area contributed by atoms with Gasteiger partial charge in [0.1, 0.15) is 22.9 Å². The fourth-order valence-corrected chi connectivity index (χ4v) is 8.00. The first-order valence-electron chi connectivity index (χ1n) is 17.5. The number of aromatic nitrogens is 3. The zero-order valence-electron chi connectivity index (χ0n) is 29.7. The number of benzene rings is 3. The molecule has 0 spiro atoms. The fraction of sp³-hybridized carbons (Fsp3) is 0.263.